The molecular weight excluding hydrogens is 324 g/mol. The number of rotatable bonds is 0. The van der Waals surface area contributed by atoms with E-state index < -0.39 is 0 Å². The van der Waals surface area contributed by atoms with E-state index in [0.29, 0.717) is 58.3 Å². The Morgan fingerprint density at radius 3 is 0.920 bits per heavy atom. The zero-order valence-electron chi connectivity index (χ0n) is 15.7. The van der Waals surface area contributed by atoms with Crippen molar-refractivity contribution in [3.8, 4) is 0 Å². The minimum atomic E-state index is 0.301. The number of carbonyl (C=O) groups is 1. The van der Waals surface area contributed by atoms with Crippen molar-refractivity contribution in [3.05, 3.63) is 0 Å². The standard InChI is InChI=1S/C19H36O6/c20-19-7-1-9-21-11-3-13-23-15-5-17-25-18-6-16-24-14-4-12-22-10-2-8-19/h1-18H2. The van der Waals surface area contributed by atoms with Gasteiger partial charge in [-0.25, -0.2) is 0 Å². The number of carbonyl (C=O) groups excluding carboxylic acids is 1. The van der Waals surface area contributed by atoms with Crippen LogP contribution in [0.3, 0.4) is 0 Å². The topological polar surface area (TPSA) is 63.2 Å². The number of hydrogen-bond acceptors (Lipinski definition) is 6. The molecule has 1 rings (SSSR count). The highest BCUT2D eigenvalue weighted by atomic mass is 16.5. The molecule has 0 radical (unpaired) electrons. The van der Waals surface area contributed by atoms with Crippen LogP contribution < -0.4 is 0 Å². The van der Waals surface area contributed by atoms with E-state index in [1.807, 2.05) is 0 Å². The number of Topliss-reactive ketones (excluding diaryl/α,β-unsaturated/α-hetero) is 1. The molecule has 6 nitrogen and oxygen atoms in total. The fourth-order valence-electron chi connectivity index (χ4n) is 2.43. The number of ketones is 1. The van der Waals surface area contributed by atoms with E-state index in [4.69, 9.17) is 23.7 Å². The smallest absolute Gasteiger partial charge is 0.133 e. The van der Waals surface area contributed by atoms with Gasteiger partial charge in [-0.15, -0.1) is 0 Å². The Morgan fingerprint density at radius 1 is 0.400 bits per heavy atom. The van der Waals surface area contributed by atoms with Gasteiger partial charge in [0, 0.05) is 78.9 Å². The first kappa shape index (κ1) is 22.5. The van der Waals surface area contributed by atoms with Crippen LogP contribution in [0, 0.1) is 0 Å². The van der Waals surface area contributed by atoms with Crippen LogP contribution in [-0.2, 0) is 28.5 Å². The van der Waals surface area contributed by atoms with Gasteiger partial charge in [0.2, 0.25) is 0 Å². The summed E-state index contributed by atoms with van der Waals surface area (Å²) in [6.45, 7) is 7.04. The maximum atomic E-state index is 11.7. The van der Waals surface area contributed by atoms with Crippen molar-refractivity contribution in [3.63, 3.8) is 0 Å². The molecule has 0 aromatic heterocycles. The molecule has 0 aromatic carbocycles. The molecule has 0 atom stereocenters. The van der Waals surface area contributed by atoms with E-state index in [0.717, 1.165) is 65.0 Å². The largest absolute Gasteiger partial charge is 0.381 e. The zero-order valence-corrected chi connectivity index (χ0v) is 15.7. The minimum Gasteiger partial charge on any atom is -0.381 e. The molecule has 1 fully saturated rings. The Balaban J connectivity index is 2.08. The zero-order chi connectivity index (χ0) is 17.8. The van der Waals surface area contributed by atoms with Crippen LogP contribution in [0.15, 0.2) is 0 Å². The first-order valence-corrected chi connectivity index (χ1v) is 9.80. The third kappa shape index (κ3) is 16.7. The van der Waals surface area contributed by atoms with Gasteiger partial charge in [-0.2, -0.15) is 0 Å². The van der Waals surface area contributed by atoms with Gasteiger partial charge in [0.25, 0.3) is 0 Å². The van der Waals surface area contributed by atoms with Gasteiger partial charge < -0.3 is 23.7 Å². The highest BCUT2D eigenvalue weighted by molar-refractivity contribution is 5.78. The lowest BCUT2D eigenvalue weighted by molar-refractivity contribution is -0.119. The van der Waals surface area contributed by atoms with Gasteiger partial charge in [-0.1, -0.05) is 0 Å². The molecular formula is C19H36O6. The van der Waals surface area contributed by atoms with Gasteiger partial charge in [0.15, 0.2) is 0 Å². The quantitative estimate of drug-likeness (QED) is 0.662. The van der Waals surface area contributed by atoms with E-state index in [1.165, 1.54) is 0 Å². The third-order valence-corrected chi connectivity index (χ3v) is 3.80. The molecule has 1 aliphatic heterocycles. The Kier molecular flexibility index (Phi) is 16.4. The predicted octanol–water partition coefficient (Wildman–Crippen LogP) is 2.77. The van der Waals surface area contributed by atoms with Crippen molar-refractivity contribution < 1.29 is 28.5 Å². The molecule has 0 spiro atoms. The van der Waals surface area contributed by atoms with E-state index >= 15 is 0 Å². The predicted molar refractivity (Wildman–Crippen MR) is 96.0 cm³/mol. The summed E-state index contributed by atoms with van der Waals surface area (Å²) in [5.41, 5.74) is 0. The number of hydrogen-bond donors (Lipinski definition) is 0. The molecule has 1 aliphatic rings. The summed E-state index contributed by atoms with van der Waals surface area (Å²) in [6.07, 6.45) is 6.43. The van der Waals surface area contributed by atoms with E-state index in [1.54, 1.807) is 0 Å². The van der Waals surface area contributed by atoms with Gasteiger partial charge >= 0.3 is 0 Å². The monoisotopic (exact) mass is 360 g/mol. The van der Waals surface area contributed by atoms with Crippen molar-refractivity contribution in [2.45, 2.75) is 51.4 Å². The van der Waals surface area contributed by atoms with Crippen molar-refractivity contribution in [1.82, 2.24) is 0 Å². The molecule has 1 heterocycles. The van der Waals surface area contributed by atoms with Gasteiger partial charge in [0.05, 0.1) is 0 Å². The molecule has 0 saturated carbocycles. The molecule has 0 aromatic rings. The Hall–Kier alpha value is -0.530. The van der Waals surface area contributed by atoms with Crippen molar-refractivity contribution in [2.24, 2.45) is 0 Å². The van der Waals surface area contributed by atoms with Gasteiger partial charge in [-0.3, -0.25) is 4.79 Å². The van der Waals surface area contributed by atoms with Crippen LogP contribution in [0.1, 0.15) is 51.4 Å². The molecule has 0 amide bonds. The normalized spacial score (nSPS) is 23.6. The highest BCUT2D eigenvalue weighted by Gasteiger charge is 2.02. The lowest BCUT2D eigenvalue weighted by Crippen LogP contribution is -2.08. The van der Waals surface area contributed by atoms with Crippen LogP contribution in [0.2, 0.25) is 0 Å². The first-order valence-electron chi connectivity index (χ1n) is 9.80. The van der Waals surface area contributed by atoms with Crippen LogP contribution in [0.25, 0.3) is 0 Å². The van der Waals surface area contributed by atoms with Gasteiger partial charge in [-0.05, 0) is 38.5 Å². The Labute approximate surface area is 152 Å². The fraction of sp³-hybridized carbons (Fsp3) is 0.947. The molecule has 6 heteroatoms. The Morgan fingerprint density at radius 2 is 0.640 bits per heavy atom. The first-order chi connectivity index (χ1) is 12.4. The van der Waals surface area contributed by atoms with Crippen LogP contribution in [0.4, 0.5) is 0 Å². The molecule has 0 aliphatic carbocycles. The van der Waals surface area contributed by atoms with Crippen LogP contribution in [0.5, 0.6) is 0 Å². The summed E-state index contributed by atoms with van der Waals surface area (Å²) < 4.78 is 27.7. The van der Waals surface area contributed by atoms with Crippen molar-refractivity contribution >= 4 is 5.78 Å². The summed E-state index contributed by atoms with van der Waals surface area (Å²) in [5.74, 6) is 0.301. The molecule has 0 N–H and O–H groups in total. The lowest BCUT2D eigenvalue weighted by Gasteiger charge is -2.08. The van der Waals surface area contributed by atoms with Gasteiger partial charge in [0.1, 0.15) is 5.78 Å². The molecule has 1 saturated heterocycles. The summed E-state index contributed by atoms with van der Waals surface area (Å²) in [7, 11) is 0. The van der Waals surface area contributed by atoms with Crippen LogP contribution in [-0.4, -0.2) is 71.9 Å². The summed E-state index contributed by atoms with van der Waals surface area (Å²) in [5, 5.41) is 0. The maximum Gasteiger partial charge on any atom is 0.133 e. The molecule has 148 valence electrons. The van der Waals surface area contributed by atoms with E-state index in [-0.39, 0.29) is 0 Å². The number of ether oxygens (including phenoxy) is 5. The molecule has 0 unspecified atom stereocenters. The summed E-state index contributed by atoms with van der Waals surface area (Å²) >= 11 is 0. The Bertz CT molecular complexity index is 272. The highest BCUT2D eigenvalue weighted by Crippen LogP contribution is 2.01. The maximum absolute atomic E-state index is 11.7. The summed E-state index contributed by atoms with van der Waals surface area (Å²) in [4.78, 5) is 11.7. The fourth-order valence-corrected chi connectivity index (χ4v) is 2.43. The van der Waals surface area contributed by atoms with Crippen molar-refractivity contribution in [1.29, 1.82) is 0 Å². The van der Waals surface area contributed by atoms with E-state index in [9.17, 15) is 4.79 Å². The SMILES string of the molecule is O=C1CCCOCCCOCCCOCCCOCCCOCCC1. The molecule has 0 bridgehead atoms. The van der Waals surface area contributed by atoms with Crippen molar-refractivity contribution in [2.75, 3.05) is 66.1 Å². The second kappa shape index (κ2) is 18.3. The second-order valence-electron chi connectivity index (χ2n) is 6.22. The lowest BCUT2D eigenvalue weighted by atomic mass is 10.1. The third-order valence-electron chi connectivity index (χ3n) is 3.80. The minimum absolute atomic E-state index is 0.301. The van der Waals surface area contributed by atoms with E-state index in [2.05, 4.69) is 0 Å². The summed E-state index contributed by atoms with van der Waals surface area (Å²) in [6, 6.07) is 0. The second-order valence-corrected chi connectivity index (χ2v) is 6.22. The average molecular weight is 360 g/mol. The molecule has 25 heavy (non-hydrogen) atoms. The average Bonchev–Trinajstić information content (AvgIpc) is 2.61. The van der Waals surface area contributed by atoms with Crippen LogP contribution >= 0.6 is 0 Å².